The molecule has 0 unspecified atom stereocenters. The van der Waals surface area contributed by atoms with Crippen LogP contribution in [0.5, 0.6) is 5.88 Å². The van der Waals surface area contributed by atoms with Crippen LogP contribution >= 0.6 is 0 Å². The van der Waals surface area contributed by atoms with E-state index in [4.69, 9.17) is 0 Å². The maximum Gasteiger partial charge on any atom is 0.331 e. The van der Waals surface area contributed by atoms with Crippen LogP contribution in [0.25, 0.3) is 0 Å². The molecule has 1 aromatic heterocycles. The first-order chi connectivity index (χ1) is 9.02. The van der Waals surface area contributed by atoms with Crippen molar-refractivity contribution in [3.8, 4) is 5.88 Å². The number of hydrogen-bond acceptors (Lipinski definition) is 3. The van der Waals surface area contributed by atoms with Crippen LogP contribution in [0.1, 0.15) is 53.0 Å². The van der Waals surface area contributed by atoms with Crippen molar-refractivity contribution >= 4 is 0 Å². The van der Waals surface area contributed by atoms with Crippen LogP contribution in [-0.2, 0) is 0 Å². The molecule has 0 aliphatic heterocycles. The SMILES string of the molecule is CC1(C)CC(n2c(O)c(F)c(=O)[nH]c2=O)CC(C)(C)C1. The Kier molecular flexibility index (Phi) is 3.31. The number of halogens is 1. The Labute approximate surface area is 116 Å². The smallest absolute Gasteiger partial charge is 0.331 e. The molecule has 2 rings (SSSR count). The monoisotopic (exact) mass is 284 g/mol. The first-order valence-electron chi connectivity index (χ1n) is 6.76. The summed E-state index contributed by atoms with van der Waals surface area (Å²) in [5.41, 5.74) is -1.99. The highest BCUT2D eigenvalue weighted by Crippen LogP contribution is 2.50. The highest BCUT2D eigenvalue weighted by molar-refractivity contribution is 5.12. The van der Waals surface area contributed by atoms with Gasteiger partial charge in [-0.2, -0.15) is 4.39 Å². The molecule has 1 aromatic rings. The van der Waals surface area contributed by atoms with Gasteiger partial charge in [-0.1, -0.05) is 27.7 Å². The largest absolute Gasteiger partial charge is 0.492 e. The Hall–Kier alpha value is -1.59. The maximum absolute atomic E-state index is 13.6. The molecule has 0 atom stereocenters. The molecule has 6 heteroatoms. The summed E-state index contributed by atoms with van der Waals surface area (Å²) >= 11 is 0. The Morgan fingerprint density at radius 1 is 1.20 bits per heavy atom. The molecular weight excluding hydrogens is 263 g/mol. The van der Waals surface area contributed by atoms with E-state index < -0.39 is 22.9 Å². The average molecular weight is 284 g/mol. The summed E-state index contributed by atoms with van der Waals surface area (Å²) in [6, 6.07) is -0.326. The normalized spacial score (nSPS) is 21.9. The molecular formula is C14H21FN2O3. The molecule has 20 heavy (non-hydrogen) atoms. The van der Waals surface area contributed by atoms with E-state index in [1.807, 2.05) is 4.98 Å². The van der Waals surface area contributed by atoms with Crippen LogP contribution in [0.2, 0.25) is 0 Å². The van der Waals surface area contributed by atoms with Gasteiger partial charge in [-0.25, -0.2) is 4.79 Å². The summed E-state index contributed by atoms with van der Waals surface area (Å²) in [6.07, 6.45) is 2.28. The van der Waals surface area contributed by atoms with Crippen molar-refractivity contribution in [2.24, 2.45) is 10.8 Å². The van der Waals surface area contributed by atoms with Crippen LogP contribution in [0.15, 0.2) is 9.59 Å². The Morgan fingerprint density at radius 3 is 2.20 bits per heavy atom. The van der Waals surface area contributed by atoms with E-state index in [9.17, 15) is 19.1 Å². The number of aromatic nitrogens is 2. The number of rotatable bonds is 1. The summed E-state index contributed by atoms with van der Waals surface area (Å²) in [7, 11) is 0. The van der Waals surface area contributed by atoms with E-state index in [0.717, 1.165) is 11.0 Å². The summed E-state index contributed by atoms with van der Waals surface area (Å²) < 4.78 is 14.5. The molecule has 0 radical (unpaired) electrons. The molecule has 1 saturated carbocycles. The number of aromatic hydroxyl groups is 1. The van der Waals surface area contributed by atoms with Gasteiger partial charge in [-0.05, 0) is 30.1 Å². The van der Waals surface area contributed by atoms with Crippen LogP contribution in [0.4, 0.5) is 4.39 Å². The molecule has 5 nitrogen and oxygen atoms in total. The van der Waals surface area contributed by atoms with Gasteiger partial charge in [-0.3, -0.25) is 14.3 Å². The Morgan fingerprint density at radius 2 is 1.70 bits per heavy atom. The zero-order valence-corrected chi connectivity index (χ0v) is 12.3. The standard InChI is InChI=1S/C14H21FN2O3/c1-13(2)5-8(6-14(3,4)7-13)17-11(19)9(15)10(18)16-12(17)20/h8,19H,5-7H2,1-4H3,(H,16,18,20). The van der Waals surface area contributed by atoms with Gasteiger partial charge >= 0.3 is 5.69 Å². The van der Waals surface area contributed by atoms with Crippen molar-refractivity contribution in [2.45, 2.75) is 53.0 Å². The zero-order valence-electron chi connectivity index (χ0n) is 12.3. The number of nitrogens with one attached hydrogen (secondary N) is 1. The lowest BCUT2D eigenvalue weighted by Gasteiger charge is -2.45. The summed E-state index contributed by atoms with van der Waals surface area (Å²) in [6.45, 7) is 8.35. The fraction of sp³-hybridized carbons (Fsp3) is 0.714. The number of aromatic amines is 1. The fourth-order valence-electron chi connectivity index (χ4n) is 3.82. The number of H-pyrrole nitrogens is 1. The first-order valence-corrected chi connectivity index (χ1v) is 6.76. The molecule has 0 saturated heterocycles. The summed E-state index contributed by atoms with van der Waals surface area (Å²) in [4.78, 5) is 25.0. The van der Waals surface area contributed by atoms with E-state index in [1.54, 1.807) is 0 Å². The van der Waals surface area contributed by atoms with E-state index >= 15 is 0 Å². The van der Waals surface area contributed by atoms with Gasteiger partial charge in [0, 0.05) is 6.04 Å². The highest BCUT2D eigenvalue weighted by Gasteiger charge is 2.40. The van der Waals surface area contributed by atoms with Crippen LogP contribution < -0.4 is 11.2 Å². The van der Waals surface area contributed by atoms with Gasteiger partial charge in [0.25, 0.3) is 5.56 Å². The van der Waals surface area contributed by atoms with Crippen LogP contribution in [-0.4, -0.2) is 14.7 Å². The summed E-state index contributed by atoms with van der Waals surface area (Å²) in [5.74, 6) is -2.16. The van der Waals surface area contributed by atoms with Crippen molar-refractivity contribution in [3.05, 3.63) is 26.7 Å². The molecule has 2 N–H and O–H groups in total. The van der Waals surface area contributed by atoms with E-state index in [0.29, 0.717) is 12.8 Å². The topological polar surface area (TPSA) is 75.1 Å². The first kappa shape index (κ1) is 14.8. The molecule has 1 aliphatic carbocycles. The van der Waals surface area contributed by atoms with Crippen LogP contribution in [0, 0.1) is 16.6 Å². The minimum atomic E-state index is -1.30. The molecule has 0 aromatic carbocycles. The van der Waals surface area contributed by atoms with Crippen molar-refractivity contribution in [1.82, 2.24) is 9.55 Å². The quantitative estimate of drug-likeness (QED) is 0.829. The van der Waals surface area contributed by atoms with Crippen LogP contribution in [0.3, 0.4) is 0 Å². The van der Waals surface area contributed by atoms with E-state index in [2.05, 4.69) is 27.7 Å². The molecule has 0 bridgehead atoms. The predicted octanol–water partition coefficient (Wildman–Crippen LogP) is 2.16. The third-order valence-corrected chi connectivity index (χ3v) is 3.96. The van der Waals surface area contributed by atoms with Gasteiger partial charge in [-0.15, -0.1) is 0 Å². The molecule has 112 valence electrons. The van der Waals surface area contributed by atoms with Gasteiger partial charge in [0.15, 0.2) is 0 Å². The Bertz CT molecular complexity index is 627. The van der Waals surface area contributed by atoms with Crippen molar-refractivity contribution < 1.29 is 9.50 Å². The second-order valence-corrected chi connectivity index (χ2v) is 7.33. The van der Waals surface area contributed by atoms with E-state index in [-0.39, 0.29) is 16.9 Å². The highest BCUT2D eigenvalue weighted by atomic mass is 19.1. The van der Waals surface area contributed by atoms with E-state index in [1.165, 1.54) is 0 Å². The average Bonchev–Trinajstić information content (AvgIpc) is 2.21. The maximum atomic E-state index is 13.6. The molecule has 0 amide bonds. The third-order valence-electron chi connectivity index (χ3n) is 3.96. The second-order valence-electron chi connectivity index (χ2n) is 7.33. The van der Waals surface area contributed by atoms with Gasteiger partial charge < -0.3 is 5.11 Å². The molecule has 1 aliphatic rings. The van der Waals surface area contributed by atoms with Crippen molar-refractivity contribution in [1.29, 1.82) is 0 Å². The van der Waals surface area contributed by atoms with Crippen molar-refractivity contribution in [3.63, 3.8) is 0 Å². The lowest BCUT2D eigenvalue weighted by atomic mass is 9.63. The van der Waals surface area contributed by atoms with Crippen molar-refractivity contribution in [2.75, 3.05) is 0 Å². The Balaban J connectivity index is 2.55. The third kappa shape index (κ3) is 2.64. The summed E-state index contributed by atoms with van der Waals surface area (Å²) in [5, 5.41) is 9.82. The number of hydrogen-bond donors (Lipinski definition) is 2. The minimum absolute atomic E-state index is 0.0229. The van der Waals surface area contributed by atoms with Gasteiger partial charge in [0.05, 0.1) is 0 Å². The molecule has 1 fully saturated rings. The van der Waals surface area contributed by atoms with Gasteiger partial charge in [0.1, 0.15) is 0 Å². The molecule has 0 spiro atoms. The minimum Gasteiger partial charge on any atom is -0.492 e. The fourth-order valence-corrected chi connectivity index (χ4v) is 3.82. The number of nitrogens with zero attached hydrogens (tertiary/aromatic N) is 1. The second kappa shape index (κ2) is 4.46. The molecule has 1 heterocycles. The predicted molar refractivity (Wildman–Crippen MR) is 73.4 cm³/mol. The lowest BCUT2D eigenvalue weighted by Crippen LogP contribution is -2.41. The zero-order chi connectivity index (χ0) is 15.3. The lowest BCUT2D eigenvalue weighted by molar-refractivity contribution is 0.0660. The van der Waals surface area contributed by atoms with Gasteiger partial charge in [0.2, 0.25) is 11.7 Å².